The topological polar surface area (TPSA) is 316 Å². The summed E-state index contributed by atoms with van der Waals surface area (Å²) in [4.78, 5) is 119. The van der Waals surface area contributed by atoms with Gasteiger partial charge in [-0.15, -0.1) is 0 Å². The van der Waals surface area contributed by atoms with Gasteiger partial charge >= 0.3 is 11.9 Å². The third-order valence-electron chi connectivity index (χ3n) is 10.7. The number of aliphatic carboxylic acids is 2. The smallest absolute Gasteiger partial charge is 0.326 e. The summed E-state index contributed by atoms with van der Waals surface area (Å²) in [5.74, 6) is -8.89. The van der Waals surface area contributed by atoms with E-state index in [0.29, 0.717) is 18.4 Å². The zero-order valence-corrected chi connectivity index (χ0v) is 37.7. The highest BCUT2D eigenvalue weighted by Gasteiger charge is 2.40. The molecule has 0 radical (unpaired) electrons. The molecule has 1 aromatic rings. The maximum atomic E-state index is 14.1. The largest absolute Gasteiger partial charge is 0.508 e. The van der Waals surface area contributed by atoms with E-state index in [-0.39, 0.29) is 43.9 Å². The molecule has 0 unspecified atom stereocenters. The van der Waals surface area contributed by atoms with Gasteiger partial charge < -0.3 is 57.9 Å². The first kappa shape index (κ1) is 53.3. The number of likely N-dealkylation sites (tertiary alicyclic amines) is 1. The number of rotatable bonds is 24. The van der Waals surface area contributed by atoms with Gasteiger partial charge in [0.2, 0.25) is 41.4 Å². The number of nitrogens with one attached hydrogen (secondary N) is 6. The van der Waals surface area contributed by atoms with Gasteiger partial charge in [0.05, 0.1) is 6.04 Å². The molecular formula is C43H68N8O12. The standard InChI is InChI=1S/C43H68N8O12/c1-21(2)19-29(38(57)45-25(9)36(55)48-34(23(5)6)41(60)50-35(24(7)8)42(61)51-18-10-11-31(51)43(62)63)46-39(58)30(20-26-12-14-27(52)15-13-26)47-40(59)33(22(3)4)49-37(56)28(44)16-17-32(53)54/h12-15,21-25,28-31,33-35,52H,10-11,16-20,44H2,1-9H3,(H,45,57)(H,46,58)(H,47,59)(H,48,55)(H,49,56)(H,50,60)(H,53,54)(H,62,63)/t25-,28-,29-,30-,31-,33-,34-,35-/m0/s1. The summed E-state index contributed by atoms with van der Waals surface area (Å²) in [6.07, 6.45) is 0.249. The minimum atomic E-state index is -1.32. The highest BCUT2D eigenvalue weighted by atomic mass is 16.4. The van der Waals surface area contributed by atoms with Crippen molar-refractivity contribution < 1.29 is 58.5 Å². The monoisotopic (exact) mass is 888 g/mol. The summed E-state index contributed by atoms with van der Waals surface area (Å²) >= 11 is 0. The molecule has 1 aliphatic rings. The van der Waals surface area contributed by atoms with Gasteiger partial charge in [-0.25, -0.2) is 4.79 Å². The Kier molecular flexibility index (Phi) is 21.0. The summed E-state index contributed by atoms with van der Waals surface area (Å²) in [6.45, 7) is 15.3. The second-order valence-electron chi connectivity index (χ2n) is 17.6. The summed E-state index contributed by atoms with van der Waals surface area (Å²) in [6, 6.07) is -3.56. The van der Waals surface area contributed by atoms with Crippen molar-refractivity contribution in [3.8, 4) is 5.75 Å². The Hall–Kier alpha value is -5.79. The average Bonchev–Trinajstić information content (AvgIpc) is 3.70. The molecule has 20 heteroatoms. The lowest BCUT2D eigenvalue weighted by Gasteiger charge is -2.31. The molecule has 0 aliphatic carbocycles. The lowest BCUT2D eigenvalue weighted by atomic mass is 9.98. The number of aromatic hydroxyl groups is 1. The lowest BCUT2D eigenvalue weighted by Crippen LogP contribution is -2.61. The minimum Gasteiger partial charge on any atom is -0.508 e. The van der Waals surface area contributed by atoms with Crippen molar-refractivity contribution in [3.05, 3.63) is 29.8 Å². The van der Waals surface area contributed by atoms with Crippen LogP contribution in [0.2, 0.25) is 0 Å². The van der Waals surface area contributed by atoms with Gasteiger partial charge in [0, 0.05) is 19.4 Å². The van der Waals surface area contributed by atoms with Crippen LogP contribution in [0.15, 0.2) is 24.3 Å². The second kappa shape index (κ2) is 24.7. The number of amides is 7. The zero-order valence-electron chi connectivity index (χ0n) is 37.7. The third kappa shape index (κ3) is 16.8. The zero-order chi connectivity index (χ0) is 47.9. The van der Waals surface area contributed by atoms with E-state index < -0.39 is 119 Å². The van der Waals surface area contributed by atoms with Gasteiger partial charge in [-0.1, -0.05) is 67.5 Å². The molecule has 1 saturated heterocycles. The molecule has 8 atom stereocenters. The molecule has 2 rings (SSSR count). The van der Waals surface area contributed by atoms with Crippen LogP contribution >= 0.6 is 0 Å². The number of hydrogen-bond donors (Lipinski definition) is 10. The van der Waals surface area contributed by atoms with E-state index in [9.17, 15) is 53.4 Å². The number of carbonyl (C=O) groups is 9. The normalized spacial score (nSPS) is 17.2. The Balaban J connectivity index is 2.27. The van der Waals surface area contributed by atoms with Gasteiger partial charge in [-0.3, -0.25) is 38.4 Å². The van der Waals surface area contributed by atoms with Crippen LogP contribution in [0, 0.1) is 23.7 Å². The highest BCUT2D eigenvalue weighted by molar-refractivity contribution is 5.97. The molecule has 352 valence electrons. The van der Waals surface area contributed by atoms with Crippen molar-refractivity contribution in [2.75, 3.05) is 6.54 Å². The van der Waals surface area contributed by atoms with E-state index in [1.54, 1.807) is 41.5 Å². The van der Waals surface area contributed by atoms with Gasteiger partial charge in [0.1, 0.15) is 48.0 Å². The van der Waals surface area contributed by atoms with Gasteiger partial charge in [-0.2, -0.15) is 0 Å². The van der Waals surface area contributed by atoms with Crippen molar-refractivity contribution in [3.63, 3.8) is 0 Å². The first-order chi connectivity index (χ1) is 29.3. The van der Waals surface area contributed by atoms with E-state index in [4.69, 9.17) is 10.8 Å². The molecule has 7 amide bonds. The predicted molar refractivity (Wildman–Crippen MR) is 230 cm³/mol. The molecule has 0 aromatic heterocycles. The fraction of sp³-hybridized carbons (Fsp3) is 0.651. The fourth-order valence-electron chi connectivity index (χ4n) is 6.93. The summed E-state index contributed by atoms with van der Waals surface area (Å²) in [5, 5.41) is 44.3. The molecule has 0 bridgehead atoms. The number of nitrogens with two attached hydrogens (primary N) is 1. The number of carboxylic acids is 2. The summed E-state index contributed by atoms with van der Waals surface area (Å²) in [5.41, 5.74) is 6.40. The van der Waals surface area contributed by atoms with Crippen LogP contribution in [0.5, 0.6) is 5.75 Å². The molecule has 1 aliphatic heterocycles. The molecule has 1 fully saturated rings. The SMILES string of the molecule is CC(C)C[C@H](NC(=O)[C@H](Cc1ccc(O)cc1)NC(=O)[C@@H](NC(=O)[C@@H](N)CCC(=O)O)C(C)C)C(=O)N[C@@H](C)C(=O)N[C@H](C(=O)N[C@H](C(=O)N1CCC[C@H]1C(=O)O)C(C)C)C(C)C. The Morgan fingerprint density at radius 1 is 0.651 bits per heavy atom. The second-order valence-corrected chi connectivity index (χ2v) is 17.6. The van der Waals surface area contributed by atoms with E-state index in [2.05, 4.69) is 31.9 Å². The van der Waals surface area contributed by atoms with Crippen LogP contribution in [-0.2, 0) is 49.6 Å². The molecular weight excluding hydrogens is 821 g/mol. The van der Waals surface area contributed by atoms with Gasteiger partial charge in [-0.05, 0) is 74.0 Å². The van der Waals surface area contributed by atoms with Crippen molar-refractivity contribution in [1.29, 1.82) is 0 Å². The van der Waals surface area contributed by atoms with E-state index >= 15 is 0 Å². The van der Waals surface area contributed by atoms with Crippen LogP contribution in [0.3, 0.4) is 0 Å². The Labute approximate surface area is 368 Å². The molecule has 20 nitrogen and oxygen atoms in total. The Bertz CT molecular complexity index is 1790. The first-order valence-corrected chi connectivity index (χ1v) is 21.4. The maximum absolute atomic E-state index is 14.1. The van der Waals surface area contributed by atoms with Crippen LogP contribution in [-0.4, -0.2) is 128 Å². The van der Waals surface area contributed by atoms with Gasteiger partial charge in [0.15, 0.2) is 0 Å². The Morgan fingerprint density at radius 3 is 1.65 bits per heavy atom. The van der Waals surface area contributed by atoms with Crippen molar-refractivity contribution in [2.24, 2.45) is 29.4 Å². The number of hydrogen-bond acceptors (Lipinski definition) is 11. The maximum Gasteiger partial charge on any atom is 0.326 e. The molecule has 1 heterocycles. The quantitative estimate of drug-likeness (QED) is 0.0662. The summed E-state index contributed by atoms with van der Waals surface area (Å²) < 4.78 is 0. The lowest BCUT2D eigenvalue weighted by molar-refractivity contribution is -0.150. The van der Waals surface area contributed by atoms with Crippen LogP contribution in [0.4, 0.5) is 0 Å². The van der Waals surface area contributed by atoms with E-state index in [1.165, 1.54) is 36.1 Å². The number of carbonyl (C=O) groups excluding carboxylic acids is 7. The van der Waals surface area contributed by atoms with Crippen LogP contribution in [0.1, 0.15) is 100.0 Å². The molecule has 0 spiro atoms. The van der Waals surface area contributed by atoms with Crippen molar-refractivity contribution in [2.45, 2.75) is 149 Å². The van der Waals surface area contributed by atoms with Crippen molar-refractivity contribution in [1.82, 2.24) is 36.8 Å². The minimum absolute atomic E-state index is 0.0409. The summed E-state index contributed by atoms with van der Waals surface area (Å²) in [7, 11) is 0. The first-order valence-electron chi connectivity index (χ1n) is 21.4. The number of phenols is 1. The predicted octanol–water partition coefficient (Wildman–Crippen LogP) is 0.145. The van der Waals surface area contributed by atoms with E-state index in [0.717, 1.165) is 0 Å². The number of nitrogens with zero attached hydrogens (tertiary/aromatic N) is 1. The average molecular weight is 889 g/mol. The number of carboxylic acid groups (broad SMARTS) is 2. The number of benzene rings is 1. The van der Waals surface area contributed by atoms with E-state index in [1.807, 2.05) is 13.8 Å². The molecule has 1 aromatic carbocycles. The molecule has 0 saturated carbocycles. The Morgan fingerprint density at radius 2 is 1.14 bits per heavy atom. The van der Waals surface area contributed by atoms with Gasteiger partial charge in [0.25, 0.3) is 0 Å². The fourth-order valence-corrected chi connectivity index (χ4v) is 6.93. The third-order valence-corrected chi connectivity index (χ3v) is 10.7. The molecule has 11 N–H and O–H groups in total. The van der Waals surface area contributed by atoms with Crippen LogP contribution in [0.25, 0.3) is 0 Å². The van der Waals surface area contributed by atoms with Crippen molar-refractivity contribution >= 4 is 53.3 Å². The highest BCUT2D eigenvalue weighted by Crippen LogP contribution is 2.21. The molecule has 63 heavy (non-hydrogen) atoms. The number of phenolic OH excluding ortho intramolecular Hbond substituents is 1. The van der Waals surface area contributed by atoms with Crippen LogP contribution < -0.4 is 37.6 Å².